The third kappa shape index (κ3) is 3.10. The summed E-state index contributed by atoms with van der Waals surface area (Å²) in [5, 5.41) is 1.49. The van der Waals surface area contributed by atoms with Crippen LogP contribution in [0.25, 0.3) is 0 Å². The van der Waals surface area contributed by atoms with Crippen molar-refractivity contribution in [1.29, 1.82) is 0 Å². The number of fused-ring (bicyclic) bond motifs is 1. The molecule has 0 aromatic heterocycles. The zero-order valence-corrected chi connectivity index (χ0v) is 13.9. The van der Waals surface area contributed by atoms with Crippen LogP contribution >= 0.6 is 23.2 Å². The van der Waals surface area contributed by atoms with E-state index in [4.69, 9.17) is 28.9 Å². The summed E-state index contributed by atoms with van der Waals surface area (Å²) in [6.45, 7) is 1.69. The first-order valence-electron chi connectivity index (χ1n) is 8.12. The molecule has 1 aliphatic heterocycles. The Kier molecular flexibility index (Phi) is 5.11. The molecule has 1 aromatic carbocycles. The Morgan fingerprint density at radius 1 is 1.10 bits per heavy atom. The molecule has 1 aliphatic carbocycles. The lowest BCUT2D eigenvalue weighted by atomic mass is 9.77. The first kappa shape index (κ1) is 15.6. The van der Waals surface area contributed by atoms with Crippen molar-refractivity contribution in [2.75, 3.05) is 13.1 Å². The fourth-order valence-electron chi connectivity index (χ4n) is 4.30. The second-order valence-corrected chi connectivity index (χ2v) is 7.19. The van der Waals surface area contributed by atoms with Gasteiger partial charge >= 0.3 is 0 Å². The molecule has 0 amide bonds. The molecule has 4 heteroatoms. The van der Waals surface area contributed by atoms with Gasteiger partial charge in [0.1, 0.15) is 0 Å². The van der Waals surface area contributed by atoms with Crippen LogP contribution in [-0.4, -0.2) is 24.0 Å². The molecule has 0 radical (unpaired) electrons. The van der Waals surface area contributed by atoms with Crippen LogP contribution in [0.4, 0.5) is 0 Å². The third-order valence-corrected chi connectivity index (χ3v) is 5.90. The Labute approximate surface area is 137 Å². The topological polar surface area (TPSA) is 29.3 Å². The van der Waals surface area contributed by atoms with Crippen molar-refractivity contribution < 1.29 is 0 Å². The van der Waals surface area contributed by atoms with E-state index in [2.05, 4.69) is 4.90 Å². The van der Waals surface area contributed by atoms with Crippen molar-refractivity contribution >= 4 is 23.2 Å². The highest BCUT2D eigenvalue weighted by Gasteiger charge is 2.37. The average molecular weight is 327 g/mol. The van der Waals surface area contributed by atoms with Crippen LogP contribution in [0.2, 0.25) is 10.0 Å². The average Bonchev–Trinajstić information content (AvgIpc) is 2.51. The predicted molar refractivity (Wildman–Crippen MR) is 89.9 cm³/mol. The Morgan fingerprint density at radius 3 is 2.48 bits per heavy atom. The van der Waals surface area contributed by atoms with Crippen LogP contribution in [0, 0.1) is 5.92 Å². The van der Waals surface area contributed by atoms with E-state index in [1.807, 2.05) is 18.2 Å². The lowest BCUT2D eigenvalue weighted by Gasteiger charge is -2.47. The second kappa shape index (κ2) is 6.87. The summed E-state index contributed by atoms with van der Waals surface area (Å²) in [5.41, 5.74) is 7.16. The van der Waals surface area contributed by atoms with E-state index < -0.39 is 0 Å². The molecule has 116 valence electrons. The van der Waals surface area contributed by atoms with Gasteiger partial charge in [0.25, 0.3) is 0 Å². The number of halogens is 2. The van der Waals surface area contributed by atoms with Crippen LogP contribution in [0.5, 0.6) is 0 Å². The van der Waals surface area contributed by atoms with E-state index >= 15 is 0 Å². The second-order valence-electron chi connectivity index (χ2n) is 6.38. The van der Waals surface area contributed by atoms with E-state index in [1.165, 1.54) is 38.5 Å². The molecular formula is C17H24Cl2N2. The van der Waals surface area contributed by atoms with Gasteiger partial charge in [-0.2, -0.15) is 0 Å². The van der Waals surface area contributed by atoms with E-state index in [9.17, 15) is 0 Å². The summed E-state index contributed by atoms with van der Waals surface area (Å²) in [7, 11) is 0. The molecule has 1 unspecified atom stereocenters. The number of hydrogen-bond donors (Lipinski definition) is 1. The van der Waals surface area contributed by atoms with Gasteiger partial charge in [-0.25, -0.2) is 0 Å². The summed E-state index contributed by atoms with van der Waals surface area (Å²) >= 11 is 12.9. The van der Waals surface area contributed by atoms with Crippen molar-refractivity contribution in [3.05, 3.63) is 33.8 Å². The molecule has 1 saturated heterocycles. The van der Waals surface area contributed by atoms with E-state index in [-0.39, 0.29) is 6.04 Å². The number of piperidine rings is 1. The number of rotatable bonds is 3. The van der Waals surface area contributed by atoms with E-state index in [0.717, 1.165) is 28.1 Å². The van der Waals surface area contributed by atoms with Crippen molar-refractivity contribution in [3.8, 4) is 0 Å². The lowest BCUT2D eigenvalue weighted by molar-refractivity contribution is 0.0277. The molecule has 0 spiro atoms. The van der Waals surface area contributed by atoms with Gasteiger partial charge in [0.15, 0.2) is 0 Å². The molecule has 2 N–H and O–H groups in total. The van der Waals surface area contributed by atoms with Crippen molar-refractivity contribution in [3.63, 3.8) is 0 Å². The Hall–Kier alpha value is -0.280. The quantitative estimate of drug-likeness (QED) is 0.876. The number of nitrogens with two attached hydrogens (primary N) is 1. The number of hydrogen-bond acceptors (Lipinski definition) is 2. The molecule has 21 heavy (non-hydrogen) atoms. The van der Waals surface area contributed by atoms with Gasteiger partial charge < -0.3 is 5.73 Å². The van der Waals surface area contributed by atoms with Crippen molar-refractivity contribution in [1.82, 2.24) is 4.90 Å². The Bertz CT molecular complexity index is 469. The van der Waals surface area contributed by atoms with Crippen LogP contribution in [-0.2, 0) is 0 Å². The molecule has 1 aromatic rings. The summed E-state index contributed by atoms with van der Waals surface area (Å²) in [6.07, 6.45) is 8.02. The zero-order chi connectivity index (χ0) is 14.8. The maximum atomic E-state index is 6.43. The maximum absolute atomic E-state index is 6.43. The molecule has 1 heterocycles. The highest BCUT2D eigenvalue weighted by Crippen LogP contribution is 2.41. The highest BCUT2D eigenvalue weighted by molar-refractivity contribution is 6.36. The largest absolute Gasteiger partial charge is 0.329 e. The minimum absolute atomic E-state index is 0.150. The highest BCUT2D eigenvalue weighted by atomic mass is 35.5. The first-order chi connectivity index (χ1) is 10.2. The molecule has 3 rings (SSSR count). The third-order valence-electron chi connectivity index (χ3n) is 5.24. The molecular weight excluding hydrogens is 303 g/mol. The molecule has 2 fully saturated rings. The summed E-state index contributed by atoms with van der Waals surface area (Å²) in [5.74, 6) is 0.836. The number of benzene rings is 1. The minimum atomic E-state index is 0.150. The van der Waals surface area contributed by atoms with Gasteiger partial charge in [0, 0.05) is 28.2 Å². The lowest BCUT2D eigenvalue weighted by Crippen LogP contribution is -2.50. The van der Waals surface area contributed by atoms with Crippen LogP contribution in [0.15, 0.2) is 18.2 Å². The summed E-state index contributed by atoms with van der Waals surface area (Å²) in [4.78, 5) is 2.60. The minimum Gasteiger partial charge on any atom is -0.329 e. The van der Waals surface area contributed by atoms with Crippen molar-refractivity contribution in [2.24, 2.45) is 11.7 Å². The SMILES string of the molecule is NCC(c1c(Cl)cccc1Cl)N1CCC[C@H]2CCCC[C@H]21. The fourth-order valence-corrected chi connectivity index (χ4v) is 4.95. The van der Waals surface area contributed by atoms with Gasteiger partial charge in [0.05, 0.1) is 6.04 Å². The Balaban J connectivity index is 1.91. The smallest absolute Gasteiger partial charge is 0.0503 e. The van der Waals surface area contributed by atoms with Crippen molar-refractivity contribution in [2.45, 2.75) is 50.6 Å². The predicted octanol–water partition coefficient (Wildman–Crippen LogP) is 4.65. The summed E-state index contributed by atoms with van der Waals surface area (Å²) in [6, 6.07) is 6.56. The molecule has 0 bridgehead atoms. The molecule has 3 atom stereocenters. The van der Waals surface area contributed by atoms with Gasteiger partial charge in [0.2, 0.25) is 0 Å². The van der Waals surface area contributed by atoms with Crippen LogP contribution < -0.4 is 5.73 Å². The maximum Gasteiger partial charge on any atom is 0.0503 e. The van der Waals surface area contributed by atoms with Gasteiger partial charge in [-0.1, -0.05) is 42.1 Å². The molecule has 1 saturated carbocycles. The van der Waals surface area contributed by atoms with Gasteiger partial charge in [-0.05, 0) is 50.3 Å². The number of likely N-dealkylation sites (tertiary alicyclic amines) is 1. The molecule has 2 nitrogen and oxygen atoms in total. The van der Waals surface area contributed by atoms with Crippen LogP contribution in [0.3, 0.4) is 0 Å². The molecule has 2 aliphatic rings. The first-order valence-corrected chi connectivity index (χ1v) is 8.87. The monoisotopic (exact) mass is 326 g/mol. The number of nitrogens with zero attached hydrogens (tertiary/aromatic N) is 1. The zero-order valence-electron chi connectivity index (χ0n) is 12.4. The fraction of sp³-hybridized carbons (Fsp3) is 0.647. The standard InChI is InChI=1S/C17H24Cl2N2/c18-13-7-3-8-14(19)17(13)16(11-20)21-10-4-6-12-5-1-2-9-15(12)21/h3,7-8,12,15-16H,1-2,4-6,9-11,20H2/t12-,15-,16?/m1/s1. The summed E-state index contributed by atoms with van der Waals surface area (Å²) < 4.78 is 0. The van der Waals surface area contributed by atoms with E-state index in [1.54, 1.807) is 0 Å². The normalized spacial score (nSPS) is 28.1. The van der Waals surface area contributed by atoms with Gasteiger partial charge in [-0.15, -0.1) is 0 Å². The van der Waals surface area contributed by atoms with Gasteiger partial charge in [-0.3, -0.25) is 4.90 Å². The Morgan fingerprint density at radius 2 is 1.76 bits per heavy atom. The van der Waals surface area contributed by atoms with E-state index in [0.29, 0.717) is 12.6 Å². The van der Waals surface area contributed by atoms with Crippen LogP contribution in [0.1, 0.15) is 50.1 Å².